The van der Waals surface area contributed by atoms with Crippen LogP contribution in [0.4, 0.5) is 10.5 Å². The van der Waals surface area contributed by atoms with Gasteiger partial charge in [-0.3, -0.25) is 10.1 Å². The molecule has 29 heavy (non-hydrogen) atoms. The molecular formula is C22H25ClN2O4. The fourth-order valence-corrected chi connectivity index (χ4v) is 3.40. The molecule has 0 aliphatic carbocycles. The maximum absolute atomic E-state index is 13.0. The lowest BCUT2D eigenvalue weighted by Gasteiger charge is -2.35. The number of hydrogen-bond acceptors (Lipinski definition) is 4. The summed E-state index contributed by atoms with van der Waals surface area (Å²) in [5.41, 5.74) is 1.76. The molecule has 154 valence electrons. The number of halogens is 1. The molecule has 1 aliphatic rings. The van der Waals surface area contributed by atoms with Crippen LogP contribution in [0.15, 0.2) is 48.5 Å². The second kappa shape index (κ2) is 9.76. The van der Waals surface area contributed by atoms with Crippen LogP contribution in [0.3, 0.4) is 0 Å². The lowest BCUT2D eigenvalue weighted by molar-refractivity contribution is -0.140. The highest BCUT2D eigenvalue weighted by Gasteiger charge is 2.41. The monoisotopic (exact) mass is 416 g/mol. The Morgan fingerprint density at radius 1 is 1.10 bits per heavy atom. The molecule has 2 aromatic rings. The minimum atomic E-state index is -0.815. The zero-order chi connectivity index (χ0) is 20.7. The predicted molar refractivity (Wildman–Crippen MR) is 112 cm³/mol. The summed E-state index contributed by atoms with van der Waals surface area (Å²) in [4.78, 5) is 25.2. The first-order valence-electron chi connectivity index (χ1n) is 9.58. The van der Waals surface area contributed by atoms with Crippen molar-refractivity contribution < 1.29 is 19.1 Å². The van der Waals surface area contributed by atoms with E-state index in [0.717, 1.165) is 11.1 Å². The molecule has 1 saturated heterocycles. The molecule has 2 N–H and O–H groups in total. The topological polar surface area (TPSA) is 76.7 Å². The van der Waals surface area contributed by atoms with Crippen molar-refractivity contribution in [3.8, 4) is 0 Å². The van der Waals surface area contributed by atoms with Crippen molar-refractivity contribution in [2.45, 2.75) is 26.3 Å². The normalized spacial score (nSPS) is 15.4. The van der Waals surface area contributed by atoms with Crippen molar-refractivity contribution in [3.05, 3.63) is 64.7 Å². The van der Waals surface area contributed by atoms with E-state index in [-0.39, 0.29) is 12.5 Å². The summed E-state index contributed by atoms with van der Waals surface area (Å²) in [5.74, 6) is -0.163. The van der Waals surface area contributed by atoms with E-state index >= 15 is 0 Å². The van der Waals surface area contributed by atoms with Gasteiger partial charge < -0.3 is 14.8 Å². The Balaban J connectivity index is 1.60. The molecule has 0 radical (unpaired) electrons. The summed E-state index contributed by atoms with van der Waals surface area (Å²) >= 11 is 6.17. The van der Waals surface area contributed by atoms with Gasteiger partial charge in [-0.1, -0.05) is 47.5 Å². The Morgan fingerprint density at radius 3 is 2.48 bits per heavy atom. The number of rotatable bonds is 6. The van der Waals surface area contributed by atoms with Crippen molar-refractivity contribution in [1.82, 2.24) is 5.32 Å². The van der Waals surface area contributed by atoms with E-state index in [1.807, 2.05) is 37.3 Å². The smallest absolute Gasteiger partial charge is 0.411 e. The molecule has 0 aromatic heterocycles. The Labute approximate surface area is 175 Å². The molecule has 0 saturated carbocycles. The number of nitrogens with one attached hydrogen (secondary N) is 2. The molecule has 1 aliphatic heterocycles. The predicted octanol–water partition coefficient (Wildman–Crippen LogP) is 4.31. The third-order valence-electron chi connectivity index (χ3n) is 5.11. The highest BCUT2D eigenvalue weighted by molar-refractivity contribution is 6.31. The number of amides is 2. The third-order valence-corrected chi connectivity index (χ3v) is 5.48. The number of carbonyl (C=O) groups excluding carboxylic acids is 2. The summed E-state index contributed by atoms with van der Waals surface area (Å²) in [5, 5.41) is 6.23. The molecule has 6 nitrogen and oxygen atoms in total. The van der Waals surface area contributed by atoms with Crippen molar-refractivity contribution >= 4 is 29.3 Å². The van der Waals surface area contributed by atoms with E-state index in [2.05, 4.69) is 10.6 Å². The van der Waals surface area contributed by atoms with Crippen LogP contribution in [0.25, 0.3) is 0 Å². The average Bonchev–Trinajstić information content (AvgIpc) is 2.74. The maximum atomic E-state index is 13.0. The molecule has 3 rings (SSSR count). The van der Waals surface area contributed by atoms with Crippen molar-refractivity contribution in [2.75, 3.05) is 25.1 Å². The first kappa shape index (κ1) is 21.1. The molecule has 2 aromatic carbocycles. The Hall–Kier alpha value is -2.57. The molecular weight excluding hydrogens is 392 g/mol. The van der Waals surface area contributed by atoms with E-state index in [9.17, 15) is 9.59 Å². The Morgan fingerprint density at radius 2 is 1.79 bits per heavy atom. The summed E-state index contributed by atoms with van der Waals surface area (Å²) in [6, 6.07) is 14.8. The van der Waals surface area contributed by atoms with Gasteiger partial charge in [0.1, 0.15) is 6.61 Å². The van der Waals surface area contributed by atoms with Gasteiger partial charge in [-0.05, 0) is 43.5 Å². The van der Waals surface area contributed by atoms with Crippen molar-refractivity contribution in [2.24, 2.45) is 5.41 Å². The zero-order valence-corrected chi connectivity index (χ0v) is 17.1. The zero-order valence-electron chi connectivity index (χ0n) is 16.4. The van der Waals surface area contributed by atoms with E-state index in [4.69, 9.17) is 21.1 Å². The summed E-state index contributed by atoms with van der Waals surface area (Å²) < 4.78 is 10.8. The number of ether oxygens (including phenoxy) is 2. The van der Waals surface area contributed by atoms with Crippen LogP contribution in [-0.4, -0.2) is 31.8 Å². The van der Waals surface area contributed by atoms with Crippen LogP contribution in [-0.2, 0) is 20.8 Å². The van der Waals surface area contributed by atoms with Gasteiger partial charge in [0, 0.05) is 30.5 Å². The molecule has 1 fully saturated rings. The van der Waals surface area contributed by atoms with Gasteiger partial charge >= 0.3 is 6.09 Å². The van der Waals surface area contributed by atoms with Crippen LogP contribution in [0.1, 0.15) is 24.0 Å². The quantitative estimate of drug-likeness (QED) is 0.735. The van der Waals surface area contributed by atoms with Crippen LogP contribution in [0.5, 0.6) is 0 Å². The number of carbonyl (C=O) groups is 2. The van der Waals surface area contributed by atoms with Gasteiger partial charge in [0.25, 0.3) is 0 Å². The van der Waals surface area contributed by atoms with E-state index in [1.54, 1.807) is 18.2 Å². The van der Waals surface area contributed by atoms with E-state index in [0.29, 0.717) is 43.3 Å². The van der Waals surface area contributed by atoms with Crippen molar-refractivity contribution in [1.29, 1.82) is 0 Å². The number of hydrogen-bond donors (Lipinski definition) is 2. The van der Waals surface area contributed by atoms with Gasteiger partial charge in [0.2, 0.25) is 5.91 Å². The van der Waals surface area contributed by atoms with E-state index < -0.39 is 11.5 Å². The minimum absolute atomic E-state index is 0.0115. The van der Waals surface area contributed by atoms with Crippen LogP contribution in [0, 0.1) is 12.3 Å². The summed E-state index contributed by atoms with van der Waals surface area (Å²) in [7, 11) is 0. The lowest BCUT2D eigenvalue weighted by Crippen LogP contribution is -2.48. The molecule has 1 heterocycles. The Bertz CT molecular complexity index is 848. The summed E-state index contributed by atoms with van der Waals surface area (Å²) in [6.45, 7) is 3.17. The number of anilines is 1. The second-order valence-corrected chi connectivity index (χ2v) is 7.64. The number of aryl methyl sites for hydroxylation is 1. The first-order chi connectivity index (χ1) is 14.0. The molecule has 7 heteroatoms. The fourth-order valence-electron chi connectivity index (χ4n) is 3.20. The van der Waals surface area contributed by atoms with Gasteiger partial charge in [-0.2, -0.15) is 0 Å². The second-order valence-electron chi connectivity index (χ2n) is 7.23. The Kier molecular flexibility index (Phi) is 7.12. The van der Waals surface area contributed by atoms with Gasteiger partial charge in [-0.25, -0.2) is 4.79 Å². The third kappa shape index (κ3) is 5.71. The first-order valence-corrected chi connectivity index (χ1v) is 9.96. The van der Waals surface area contributed by atoms with Gasteiger partial charge in [0.05, 0.1) is 5.41 Å². The highest BCUT2D eigenvalue weighted by Crippen LogP contribution is 2.32. The standard InChI is InChI=1S/C22H25ClN2O4/c1-16-6-8-18(9-7-16)25-21(27)29-15-22(10-12-28-13-11-22)20(26)24-14-17-4-2-3-5-19(17)23/h2-9H,10-15H2,1H3,(H,24,26)(H,25,27). The van der Waals surface area contributed by atoms with Crippen LogP contribution < -0.4 is 10.6 Å². The highest BCUT2D eigenvalue weighted by atomic mass is 35.5. The maximum Gasteiger partial charge on any atom is 0.411 e. The SMILES string of the molecule is Cc1ccc(NC(=O)OCC2(C(=O)NCc3ccccc3Cl)CCOCC2)cc1. The molecule has 0 atom stereocenters. The lowest BCUT2D eigenvalue weighted by atomic mass is 9.80. The molecule has 2 amide bonds. The molecule has 0 unspecified atom stereocenters. The fraction of sp³-hybridized carbons (Fsp3) is 0.364. The largest absolute Gasteiger partial charge is 0.448 e. The van der Waals surface area contributed by atoms with Crippen LogP contribution >= 0.6 is 11.6 Å². The average molecular weight is 417 g/mol. The molecule has 0 spiro atoms. The minimum Gasteiger partial charge on any atom is -0.448 e. The summed E-state index contributed by atoms with van der Waals surface area (Å²) in [6.07, 6.45) is 0.386. The van der Waals surface area contributed by atoms with E-state index in [1.165, 1.54) is 0 Å². The van der Waals surface area contributed by atoms with Crippen LogP contribution in [0.2, 0.25) is 5.02 Å². The van der Waals surface area contributed by atoms with Crippen molar-refractivity contribution in [3.63, 3.8) is 0 Å². The van der Waals surface area contributed by atoms with Gasteiger partial charge in [0.15, 0.2) is 0 Å². The molecule has 0 bridgehead atoms. The van der Waals surface area contributed by atoms with Gasteiger partial charge in [-0.15, -0.1) is 0 Å². The number of benzene rings is 2.